The summed E-state index contributed by atoms with van der Waals surface area (Å²) < 4.78 is 26.1. The highest BCUT2D eigenvalue weighted by Crippen LogP contribution is 2.34. The van der Waals surface area contributed by atoms with Gasteiger partial charge in [0.25, 0.3) is 21.8 Å². The molecule has 154 valence electrons. The Morgan fingerprint density at radius 2 is 1.62 bits per heavy atom. The molecule has 0 aromatic heterocycles. The maximum atomic E-state index is 13.0. The van der Waals surface area contributed by atoms with Crippen LogP contribution in [0.5, 0.6) is 0 Å². The van der Waals surface area contributed by atoms with Gasteiger partial charge in [0, 0.05) is 17.8 Å². The van der Waals surface area contributed by atoms with Crippen LogP contribution in [-0.2, 0) is 10.0 Å². The first-order chi connectivity index (χ1) is 13.6. The van der Waals surface area contributed by atoms with Crippen molar-refractivity contribution in [2.24, 2.45) is 0 Å². The van der Waals surface area contributed by atoms with Crippen LogP contribution in [0.4, 0.5) is 5.69 Å². The normalized spacial score (nSPS) is 15.1. The summed E-state index contributed by atoms with van der Waals surface area (Å²) in [5.41, 5.74) is 3.11. The van der Waals surface area contributed by atoms with Crippen molar-refractivity contribution in [2.75, 3.05) is 11.9 Å². The van der Waals surface area contributed by atoms with Crippen LogP contribution in [0.25, 0.3) is 0 Å². The zero-order valence-corrected chi connectivity index (χ0v) is 18.1. The SMILES string of the molecule is CCN1C(=O)c2ccc(C(=O)Nc3c(C(C)C)cccc3C(C)C)cc2S1(=O)=O. The Morgan fingerprint density at radius 1 is 1.03 bits per heavy atom. The van der Waals surface area contributed by atoms with Crippen molar-refractivity contribution in [3.05, 3.63) is 58.7 Å². The van der Waals surface area contributed by atoms with Gasteiger partial charge in [-0.15, -0.1) is 0 Å². The quantitative estimate of drug-likeness (QED) is 0.788. The molecule has 0 aliphatic carbocycles. The van der Waals surface area contributed by atoms with Crippen LogP contribution in [0, 0.1) is 0 Å². The summed E-state index contributed by atoms with van der Waals surface area (Å²) in [7, 11) is -3.91. The Labute approximate surface area is 172 Å². The second-order valence-corrected chi connectivity index (χ2v) is 9.59. The van der Waals surface area contributed by atoms with E-state index in [9.17, 15) is 18.0 Å². The number of hydrogen-bond donors (Lipinski definition) is 1. The summed E-state index contributed by atoms with van der Waals surface area (Å²) in [6.07, 6.45) is 0. The number of carbonyl (C=O) groups is 2. The van der Waals surface area contributed by atoms with Gasteiger partial charge in [0.1, 0.15) is 4.90 Å². The maximum absolute atomic E-state index is 13.0. The van der Waals surface area contributed by atoms with Gasteiger partial charge in [0.15, 0.2) is 0 Å². The highest BCUT2D eigenvalue weighted by atomic mass is 32.2. The highest BCUT2D eigenvalue weighted by Gasteiger charge is 2.40. The van der Waals surface area contributed by atoms with E-state index in [1.165, 1.54) is 18.2 Å². The molecule has 0 radical (unpaired) electrons. The van der Waals surface area contributed by atoms with E-state index in [0.717, 1.165) is 21.1 Å². The number of rotatable bonds is 5. The lowest BCUT2D eigenvalue weighted by atomic mass is 9.92. The number of nitrogens with one attached hydrogen (secondary N) is 1. The van der Waals surface area contributed by atoms with Crippen LogP contribution >= 0.6 is 0 Å². The molecule has 0 saturated heterocycles. The molecule has 0 fully saturated rings. The fourth-order valence-electron chi connectivity index (χ4n) is 3.61. The number of carbonyl (C=O) groups excluding carboxylic acids is 2. The molecule has 29 heavy (non-hydrogen) atoms. The Morgan fingerprint density at radius 3 is 2.14 bits per heavy atom. The minimum atomic E-state index is -3.91. The first-order valence-electron chi connectivity index (χ1n) is 9.74. The van der Waals surface area contributed by atoms with E-state index in [2.05, 4.69) is 33.0 Å². The monoisotopic (exact) mass is 414 g/mol. The first kappa shape index (κ1) is 21.0. The molecule has 1 aliphatic rings. The van der Waals surface area contributed by atoms with E-state index in [1.807, 2.05) is 18.2 Å². The van der Waals surface area contributed by atoms with E-state index in [1.54, 1.807) is 6.92 Å². The molecular weight excluding hydrogens is 388 g/mol. The lowest BCUT2D eigenvalue weighted by molar-refractivity contribution is 0.0875. The molecule has 7 heteroatoms. The summed E-state index contributed by atoms with van der Waals surface area (Å²) in [6.45, 7) is 9.89. The topological polar surface area (TPSA) is 83.6 Å². The number of para-hydroxylation sites is 1. The van der Waals surface area contributed by atoms with Crippen molar-refractivity contribution >= 4 is 27.5 Å². The van der Waals surface area contributed by atoms with Crippen molar-refractivity contribution in [1.29, 1.82) is 0 Å². The Balaban J connectivity index is 2.03. The largest absolute Gasteiger partial charge is 0.321 e. The van der Waals surface area contributed by atoms with Crippen LogP contribution in [0.3, 0.4) is 0 Å². The molecule has 2 aromatic rings. The van der Waals surface area contributed by atoms with Crippen molar-refractivity contribution in [1.82, 2.24) is 4.31 Å². The van der Waals surface area contributed by atoms with Gasteiger partial charge in [0.05, 0.1) is 5.56 Å². The van der Waals surface area contributed by atoms with Crippen LogP contribution in [0.1, 0.15) is 78.3 Å². The molecule has 6 nitrogen and oxygen atoms in total. The van der Waals surface area contributed by atoms with Crippen molar-refractivity contribution in [2.45, 2.75) is 51.3 Å². The van der Waals surface area contributed by atoms with Crippen molar-refractivity contribution < 1.29 is 18.0 Å². The predicted octanol–water partition coefficient (Wildman–Crippen LogP) is 4.35. The fourth-order valence-corrected chi connectivity index (χ4v) is 5.21. The molecule has 0 bridgehead atoms. The number of anilines is 1. The molecule has 1 aliphatic heterocycles. The van der Waals surface area contributed by atoms with E-state index in [0.29, 0.717) is 0 Å². The molecule has 0 saturated carbocycles. The van der Waals surface area contributed by atoms with Crippen LogP contribution < -0.4 is 5.32 Å². The van der Waals surface area contributed by atoms with Gasteiger partial charge in [0.2, 0.25) is 0 Å². The van der Waals surface area contributed by atoms with E-state index in [-0.39, 0.29) is 34.4 Å². The zero-order chi connectivity index (χ0) is 21.5. The van der Waals surface area contributed by atoms with Crippen LogP contribution in [-0.4, -0.2) is 31.1 Å². The molecule has 3 rings (SSSR count). The molecule has 0 atom stereocenters. The molecule has 1 N–H and O–H groups in total. The number of sulfonamides is 1. The fraction of sp³-hybridized carbons (Fsp3) is 0.364. The highest BCUT2D eigenvalue weighted by molar-refractivity contribution is 7.90. The van der Waals surface area contributed by atoms with E-state index in [4.69, 9.17) is 0 Å². The van der Waals surface area contributed by atoms with Gasteiger partial charge < -0.3 is 5.32 Å². The third kappa shape index (κ3) is 3.55. The lowest BCUT2D eigenvalue weighted by Gasteiger charge is -2.20. The average molecular weight is 415 g/mol. The molecule has 0 spiro atoms. The summed E-state index contributed by atoms with van der Waals surface area (Å²) in [6, 6.07) is 10.1. The van der Waals surface area contributed by atoms with Gasteiger partial charge >= 0.3 is 0 Å². The third-order valence-corrected chi connectivity index (χ3v) is 7.07. The smallest absolute Gasteiger partial charge is 0.268 e. The standard InChI is InChI=1S/C22H26N2O4S/c1-6-24-22(26)18-11-10-15(12-19(18)29(24,27)28)21(25)23-20-16(13(2)3)8-7-9-17(20)14(4)5/h7-14H,6H2,1-5H3,(H,23,25). The number of nitrogens with zero attached hydrogens (tertiary/aromatic N) is 1. The number of hydrogen-bond acceptors (Lipinski definition) is 4. The number of benzene rings is 2. The van der Waals surface area contributed by atoms with Crippen LogP contribution in [0.2, 0.25) is 0 Å². The first-order valence-corrected chi connectivity index (χ1v) is 11.2. The summed E-state index contributed by atoms with van der Waals surface area (Å²) in [5.74, 6) is -0.539. The summed E-state index contributed by atoms with van der Waals surface area (Å²) in [4.78, 5) is 25.2. The van der Waals surface area contributed by atoms with Gasteiger partial charge in [-0.1, -0.05) is 45.9 Å². The average Bonchev–Trinajstić information content (AvgIpc) is 2.86. The van der Waals surface area contributed by atoms with E-state index >= 15 is 0 Å². The zero-order valence-electron chi connectivity index (χ0n) is 17.3. The van der Waals surface area contributed by atoms with E-state index < -0.39 is 21.8 Å². The van der Waals surface area contributed by atoms with Gasteiger partial charge in [-0.3, -0.25) is 9.59 Å². The summed E-state index contributed by atoms with van der Waals surface area (Å²) >= 11 is 0. The van der Waals surface area contributed by atoms with Gasteiger partial charge in [-0.2, -0.15) is 0 Å². The maximum Gasteiger partial charge on any atom is 0.268 e. The number of fused-ring (bicyclic) bond motifs is 1. The van der Waals surface area contributed by atoms with Gasteiger partial charge in [-0.25, -0.2) is 12.7 Å². The molecule has 1 heterocycles. The third-order valence-electron chi connectivity index (χ3n) is 5.17. The van der Waals surface area contributed by atoms with Gasteiger partial charge in [-0.05, 0) is 48.1 Å². The second-order valence-electron chi connectivity index (χ2n) is 7.76. The predicted molar refractivity (Wildman–Crippen MR) is 113 cm³/mol. The molecular formula is C22H26N2O4S. The minimum Gasteiger partial charge on any atom is -0.321 e. The second kappa shape index (κ2) is 7.63. The molecule has 0 unspecified atom stereocenters. The molecule has 2 amide bonds. The van der Waals surface area contributed by atoms with Crippen molar-refractivity contribution in [3.63, 3.8) is 0 Å². The van der Waals surface area contributed by atoms with Crippen LogP contribution in [0.15, 0.2) is 41.3 Å². The molecule has 2 aromatic carbocycles. The lowest BCUT2D eigenvalue weighted by Crippen LogP contribution is -2.29. The Kier molecular flexibility index (Phi) is 5.54. The Hall–Kier alpha value is -2.67. The van der Waals surface area contributed by atoms with Crippen molar-refractivity contribution in [3.8, 4) is 0 Å². The minimum absolute atomic E-state index is 0.0525. The Bertz CT molecular complexity index is 1060. The summed E-state index contributed by atoms with van der Waals surface area (Å²) in [5, 5.41) is 2.98. The number of amides is 2.